The van der Waals surface area contributed by atoms with E-state index in [0.29, 0.717) is 6.54 Å². The second kappa shape index (κ2) is 5.98. The van der Waals surface area contributed by atoms with Crippen molar-refractivity contribution >= 4 is 15.8 Å². The van der Waals surface area contributed by atoms with E-state index in [-0.39, 0.29) is 10.7 Å². The van der Waals surface area contributed by atoms with Gasteiger partial charge in [-0.2, -0.15) is 5.10 Å². The molecule has 106 valence electrons. The molecule has 1 aromatic carbocycles. The molecule has 7 heteroatoms. The van der Waals surface area contributed by atoms with Crippen molar-refractivity contribution in [3.05, 3.63) is 47.7 Å². The van der Waals surface area contributed by atoms with E-state index in [0.717, 1.165) is 17.5 Å². The van der Waals surface area contributed by atoms with Crippen LogP contribution in [0.3, 0.4) is 0 Å². The van der Waals surface area contributed by atoms with Gasteiger partial charge >= 0.3 is 0 Å². The van der Waals surface area contributed by atoms with E-state index in [1.54, 1.807) is 24.3 Å². The van der Waals surface area contributed by atoms with Crippen molar-refractivity contribution in [3.63, 3.8) is 0 Å². The largest absolute Gasteiger partial charge is 0.326 e. The number of anilines is 1. The van der Waals surface area contributed by atoms with Gasteiger partial charge in [0.15, 0.2) is 5.82 Å². The molecule has 0 saturated carbocycles. The summed E-state index contributed by atoms with van der Waals surface area (Å²) in [6, 6.07) is 8.09. The number of aryl methyl sites for hydroxylation is 1. The van der Waals surface area contributed by atoms with E-state index >= 15 is 0 Å². The SMILES string of the molecule is CCc1ccc(S(=O)(=O)Nc2cccnn2)cc1CN. The average molecular weight is 292 g/mol. The molecule has 2 rings (SSSR count). The summed E-state index contributed by atoms with van der Waals surface area (Å²) in [5, 5.41) is 7.33. The summed E-state index contributed by atoms with van der Waals surface area (Å²) in [6.07, 6.45) is 2.28. The van der Waals surface area contributed by atoms with Crippen LogP contribution < -0.4 is 10.5 Å². The first-order chi connectivity index (χ1) is 9.56. The zero-order chi connectivity index (χ0) is 14.6. The Morgan fingerprint density at radius 3 is 2.65 bits per heavy atom. The maximum Gasteiger partial charge on any atom is 0.263 e. The van der Waals surface area contributed by atoms with Crippen molar-refractivity contribution in [1.82, 2.24) is 10.2 Å². The number of nitrogens with zero attached hydrogens (tertiary/aromatic N) is 2. The number of hydrogen-bond acceptors (Lipinski definition) is 5. The van der Waals surface area contributed by atoms with Crippen molar-refractivity contribution in [2.75, 3.05) is 4.72 Å². The highest BCUT2D eigenvalue weighted by Crippen LogP contribution is 2.18. The lowest BCUT2D eigenvalue weighted by Gasteiger charge is -2.10. The van der Waals surface area contributed by atoms with Crippen LogP contribution in [0.5, 0.6) is 0 Å². The second-order valence-corrected chi connectivity index (χ2v) is 5.88. The molecule has 2 aromatic rings. The molecule has 20 heavy (non-hydrogen) atoms. The molecule has 0 spiro atoms. The fourth-order valence-electron chi connectivity index (χ4n) is 1.86. The number of aromatic nitrogens is 2. The van der Waals surface area contributed by atoms with Gasteiger partial charge in [0.25, 0.3) is 10.0 Å². The third-order valence-corrected chi connectivity index (χ3v) is 4.25. The predicted molar refractivity (Wildman–Crippen MR) is 76.6 cm³/mol. The van der Waals surface area contributed by atoms with Crippen molar-refractivity contribution in [3.8, 4) is 0 Å². The molecule has 0 aliphatic rings. The van der Waals surface area contributed by atoms with Gasteiger partial charge in [0, 0.05) is 12.7 Å². The molecule has 0 saturated heterocycles. The third-order valence-electron chi connectivity index (χ3n) is 2.90. The first kappa shape index (κ1) is 14.4. The molecule has 1 heterocycles. The Morgan fingerprint density at radius 1 is 1.25 bits per heavy atom. The van der Waals surface area contributed by atoms with Gasteiger partial charge in [-0.1, -0.05) is 13.0 Å². The zero-order valence-electron chi connectivity index (χ0n) is 11.1. The Balaban J connectivity index is 2.35. The topological polar surface area (TPSA) is 98.0 Å². The highest BCUT2D eigenvalue weighted by atomic mass is 32.2. The number of hydrogen-bond donors (Lipinski definition) is 2. The van der Waals surface area contributed by atoms with Crippen LogP contribution in [0.4, 0.5) is 5.82 Å². The van der Waals surface area contributed by atoms with E-state index < -0.39 is 10.0 Å². The standard InChI is InChI=1S/C13H16N4O2S/c1-2-10-5-6-12(8-11(10)9-14)20(18,19)17-13-4-3-7-15-16-13/h3-8H,2,9,14H2,1H3,(H,16,17). The number of sulfonamides is 1. The van der Waals surface area contributed by atoms with Gasteiger partial charge < -0.3 is 5.73 Å². The molecule has 0 aliphatic heterocycles. The van der Waals surface area contributed by atoms with E-state index in [1.807, 2.05) is 6.92 Å². The van der Waals surface area contributed by atoms with Crippen LogP contribution >= 0.6 is 0 Å². The minimum atomic E-state index is -3.68. The predicted octanol–water partition coefficient (Wildman–Crippen LogP) is 1.30. The lowest BCUT2D eigenvalue weighted by atomic mass is 10.1. The highest BCUT2D eigenvalue weighted by molar-refractivity contribution is 7.92. The molecular formula is C13H16N4O2S. The number of nitrogens with two attached hydrogens (primary N) is 1. The van der Waals surface area contributed by atoms with E-state index in [1.165, 1.54) is 12.3 Å². The van der Waals surface area contributed by atoms with Crippen molar-refractivity contribution in [1.29, 1.82) is 0 Å². The second-order valence-electron chi connectivity index (χ2n) is 4.20. The summed E-state index contributed by atoms with van der Waals surface area (Å²) in [5.41, 5.74) is 7.53. The molecular weight excluding hydrogens is 276 g/mol. The first-order valence-electron chi connectivity index (χ1n) is 6.19. The Bertz CT molecular complexity index is 687. The minimum absolute atomic E-state index is 0.167. The Kier molecular flexibility index (Phi) is 4.31. The van der Waals surface area contributed by atoms with Crippen molar-refractivity contribution in [2.45, 2.75) is 24.8 Å². The first-order valence-corrected chi connectivity index (χ1v) is 7.67. The van der Waals surface area contributed by atoms with Crippen LogP contribution in [0.2, 0.25) is 0 Å². The summed E-state index contributed by atoms with van der Waals surface area (Å²) in [6.45, 7) is 2.30. The molecule has 0 fully saturated rings. The lowest BCUT2D eigenvalue weighted by molar-refractivity contribution is 0.600. The van der Waals surface area contributed by atoms with E-state index in [2.05, 4.69) is 14.9 Å². The molecule has 3 N–H and O–H groups in total. The zero-order valence-corrected chi connectivity index (χ0v) is 11.9. The summed E-state index contributed by atoms with van der Waals surface area (Å²) >= 11 is 0. The molecule has 0 aliphatic carbocycles. The highest BCUT2D eigenvalue weighted by Gasteiger charge is 2.16. The number of benzene rings is 1. The van der Waals surface area contributed by atoms with Crippen LogP contribution in [-0.2, 0) is 23.0 Å². The van der Waals surface area contributed by atoms with Gasteiger partial charge in [-0.15, -0.1) is 5.10 Å². The quantitative estimate of drug-likeness (QED) is 0.865. The van der Waals surface area contributed by atoms with Gasteiger partial charge in [0.1, 0.15) is 0 Å². The fraction of sp³-hybridized carbons (Fsp3) is 0.231. The molecule has 0 unspecified atom stereocenters. The average Bonchev–Trinajstić information content (AvgIpc) is 2.47. The molecule has 0 amide bonds. The van der Waals surface area contributed by atoms with Crippen molar-refractivity contribution < 1.29 is 8.42 Å². The number of nitrogens with one attached hydrogen (secondary N) is 1. The van der Waals surface area contributed by atoms with Gasteiger partial charge in [0.2, 0.25) is 0 Å². The van der Waals surface area contributed by atoms with Crippen LogP contribution in [0.25, 0.3) is 0 Å². The van der Waals surface area contributed by atoms with Crippen molar-refractivity contribution in [2.24, 2.45) is 5.73 Å². The van der Waals surface area contributed by atoms with Crippen LogP contribution in [0.15, 0.2) is 41.4 Å². The van der Waals surface area contributed by atoms with Crippen LogP contribution in [-0.4, -0.2) is 18.6 Å². The molecule has 0 bridgehead atoms. The summed E-state index contributed by atoms with van der Waals surface area (Å²) in [7, 11) is -3.68. The van der Waals surface area contributed by atoms with Crippen LogP contribution in [0.1, 0.15) is 18.1 Å². The molecule has 6 nitrogen and oxygen atoms in total. The molecule has 0 atom stereocenters. The summed E-state index contributed by atoms with van der Waals surface area (Å²) < 4.78 is 26.9. The maximum atomic E-state index is 12.2. The monoisotopic (exact) mass is 292 g/mol. The Hall–Kier alpha value is -1.99. The van der Waals surface area contributed by atoms with Gasteiger partial charge in [0.05, 0.1) is 4.90 Å². The minimum Gasteiger partial charge on any atom is -0.326 e. The number of rotatable bonds is 5. The normalized spacial score (nSPS) is 11.3. The lowest BCUT2D eigenvalue weighted by Crippen LogP contribution is -2.15. The Labute approximate surface area is 118 Å². The van der Waals surface area contributed by atoms with E-state index in [9.17, 15) is 8.42 Å². The third kappa shape index (κ3) is 3.12. The van der Waals surface area contributed by atoms with Crippen LogP contribution in [0, 0.1) is 0 Å². The molecule has 1 aromatic heterocycles. The summed E-state index contributed by atoms with van der Waals surface area (Å²) in [5.74, 6) is 0.182. The van der Waals surface area contributed by atoms with Gasteiger partial charge in [-0.3, -0.25) is 4.72 Å². The van der Waals surface area contributed by atoms with Gasteiger partial charge in [-0.25, -0.2) is 8.42 Å². The van der Waals surface area contributed by atoms with Gasteiger partial charge in [-0.05, 0) is 41.8 Å². The summed E-state index contributed by atoms with van der Waals surface area (Å²) in [4.78, 5) is 0.167. The van der Waals surface area contributed by atoms with E-state index in [4.69, 9.17) is 5.73 Å². The maximum absolute atomic E-state index is 12.2. The smallest absolute Gasteiger partial charge is 0.263 e. The molecule has 0 radical (unpaired) electrons. The fourth-order valence-corrected chi connectivity index (χ4v) is 2.90. The Morgan fingerprint density at radius 2 is 2.05 bits per heavy atom.